The summed E-state index contributed by atoms with van der Waals surface area (Å²) in [6.07, 6.45) is 3.87. The third-order valence-electron chi connectivity index (χ3n) is 3.54. The lowest BCUT2D eigenvalue weighted by atomic mass is 10.4. The molecule has 20 heavy (non-hydrogen) atoms. The van der Waals surface area contributed by atoms with Gasteiger partial charge in [0.05, 0.1) is 19.7 Å². The minimum Gasteiger partial charge on any atom is -0.463 e. The van der Waals surface area contributed by atoms with Crippen LogP contribution in [0.15, 0.2) is 16.5 Å². The first kappa shape index (κ1) is 15.5. The van der Waals surface area contributed by atoms with Crippen LogP contribution in [-0.4, -0.2) is 38.3 Å². The van der Waals surface area contributed by atoms with Crippen molar-refractivity contribution in [3.05, 3.63) is 23.7 Å². The Morgan fingerprint density at radius 1 is 1.35 bits per heavy atom. The van der Waals surface area contributed by atoms with Crippen molar-refractivity contribution in [3.63, 3.8) is 0 Å². The Labute approximate surface area is 122 Å². The van der Waals surface area contributed by atoms with Gasteiger partial charge in [-0.25, -0.2) is 0 Å². The molecule has 1 aromatic rings. The highest BCUT2D eigenvalue weighted by molar-refractivity contribution is 5.06. The predicted molar refractivity (Wildman–Crippen MR) is 80.6 cm³/mol. The number of hydrogen-bond donors (Lipinski definition) is 1. The standard InChI is InChI=1S/C16H28N2O2/c1-3-8-17-11-15-6-7-16(20-15)12-18(2)9-10-19-13-14-4-5-14/h6-7,14,17H,3-5,8-13H2,1-2H3. The molecular formula is C16H28N2O2. The van der Waals surface area contributed by atoms with E-state index in [9.17, 15) is 0 Å². The predicted octanol–water partition coefficient (Wildman–Crippen LogP) is 2.64. The summed E-state index contributed by atoms with van der Waals surface area (Å²) in [7, 11) is 2.11. The quantitative estimate of drug-likeness (QED) is 0.632. The molecule has 4 nitrogen and oxygen atoms in total. The second-order valence-corrected chi connectivity index (χ2v) is 5.80. The van der Waals surface area contributed by atoms with E-state index < -0.39 is 0 Å². The molecule has 2 rings (SSSR count). The summed E-state index contributed by atoms with van der Waals surface area (Å²) in [5, 5.41) is 3.35. The molecule has 1 aliphatic carbocycles. The first-order chi connectivity index (χ1) is 9.78. The van der Waals surface area contributed by atoms with Gasteiger partial charge in [0.2, 0.25) is 0 Å². The van der Waals surface area contributed by atoms with Crippen molar-refractivity contribution in [2.45, 2.75) is 39.3 Å². The Bertz CT molecular complexity index is 374. The Kier molecular flexibility index (Phi) is 6.57. The zero-order chi connectivity index (χ0) is 14.2. The fraction of sp³-hybridized carbons (Fsp3) is 0.750. The zero-order valence-corrected chi connectivity index (χ0v) is 12.9. The van der Waals surface area contributed by atoms with Crippen molar-refractivity contribution in [1.82, 2.24) is 10.2 Å². The van der Waals surface area contributed by atoms with Crippen LogP contribution >= 0.6 is 0 Å². The molecule has 0 atom stereocenters. The van der Waals surface area contributed by atoms with Gasteiger partial charge in [-0.3, -0.25) is 4.90 Å². The van der Waals surface area contributed by atoms with E-state index in [0.717, 1.165) is 63.3 Å². The highest BCUT2D eigenvalue weighted by atomic mass is 16.5. The lowest BCUT2D eigenvalue weighted by Crippen LogP contribution is -2.22. The van der Waals surface area contributed by atoms with Crippen LogP contribution in [0.3, 0.4) is 0 Å². The summed E-state index contributed by atoms with van der Waals surface area (Å²) in [5.74, 6) is 2.90. The molecule has 0 radical (unpaired) electrons. The van der Waals surface area contributed by atoms with Gasteiger partial charge in [0.1, 0.15) is 11.5 Å². The van der Waals surface area contributed by atoms with Gasteiger partial charge in [0.15, 0.2) is 0 Å². The van der Waals surface area contributed by atoms with E-state index >= 15 is 0 Å². The zero-order valence-electron chi connectivity index (χ0n) is 12.9. The lowest BCUT2D eigenvalue weighted by molar-refractivity contribution is 0.0999. The minimum absolute atomic E-state index is 0.818. The summed E-state index contributed by atoms with van der Waals surface area (Å²) >= 11 is 0. The SMILES string of the molecule is CCCNCc1ccc(CN(C)CCOCC2CC2)o1. The van der Waals surface area contributed by atoms with Gasteiger partial charge in [-0.05, 0) is 50.9 Å². The van der Waals surface area contributed by atoms with Crippen LogP contribution in [-0.2, 0) is 17.8 Å². The van der Waals surface area contributed by atoms with Crippen molar-refractivity contribution < 1.29 is 9.15 Å². The number of nitrogens with one attached hydrogen (secondary N) is 1. The molecule has 114 valence electrons. The Hall–Kier alpha value is -0.840. The fourth-order valence-electron chi connectivity index (χ4n) is 2.09. The Morgan fingerprint density at radius 3 is 2.90 bits per heavy atom. The Morgan fingerprint density at radius 2 is 2.15 bits per heavy atom. The number of rotatable bonds is 11. The molecule has 1 N–H and O–H groups in total. The molecule has 1 saturated carbocycles. The van der Waals surface area contributed by atoms with Gasteiger partial charge >= 0.3 is 0 Å². The Balaban J connectivity index is 1.58. The third kappa shape index (κ3) is 6.07. The second kappa shape index (κ2) is 8.45. The summed E-state index contributed by atoms with van der Waals surface area (Å²) in [5.41, 5.74) is 0. The normalized spacial score (nSPS) is 15.2. The molecular weight excluding hydrogens is 252 g/mol. The fourth-order valence-corrected chi connectivity index (χ4v) is 2.09. The molecule has 1 fully saturated rings. The van der Waals surface area contributed by atoms with E-state index in [1.165, 1.54) is 12.8 Å². The summed E-state index contributed by atoms with van der Waals surface area (Å²) in [6.45, 7) is 7.59. The topological polar surface area (TPSA) is 37.6 Å². The maximum atomic E-state index is 5.81. The minimum atomic E-state index is 0.818. The van der Waals surface area contributed by atoms with Gasteiger partial charge in [0.25, 0.3) is 0 Å². The molecule has 1 aromatic heterocycles. The maximum absolute atomic E-state index is 5.81. The number of ether oxygens (including phenoxy) is 1. The van der Waals surface area contributed by atoms with Crippen LogP contribution in [0, 0.1) is 5.92 Å². The van der Waals surface area contributed by atoms with Gasteiger partial charge in [-0.2, -0.15) is 0 Å². The summed E-state index contributed by atoms with van der Waals surface area (Å²) in [4.78, 5) is 2.25. The van der Waals surface area contributed by atoms with Gasteiger partial charge in [0, 0.05) is 13.2 Å². The van der Waals surface area contributed by atoms with E-state index in [4.69, 9.17) is 9.15 Å². The van der Waals surface area contributed by atoms with E-state index in [2.05, 4.69) is 36.3 Å². The maximum Gasteiger partial charge on any atom is 0.118 e. The van der Waals surface area contributed by atoms with Crippen molar-refractivity contribution in [3.8, 4) is 0 Å². The number of nitrogens with zero attached hydrogens (tertiary/aromatic N) is 1. The van der Waals surface area contributed by atoms with Crippen LogP contribution < -0.4 is 5.32 Å². The van der Waals surface area contributed by atoms with E-state index in [1.807, 2.05) is 0 Å². The number of hydrogen-bond acceptors (Lipinski definition) is 4. The van der Waals surface area contributed by atoms with Crippen molar-refractivity contribution in [2.75, 3.05) is 33.4 Å². The number of likely N-dealkylation sites (N-methyl/N-ethyl adjacent to an activating group) is 1. The average molecular weight is 280 g/mol. The van der Waals surface area contributed by atoms with Crippen molar-refractivity contribution in [1.29, 1.82) is 0 Å². The second-order valence-electron chi connectivity index (χ2n) is 5.80. The summed E-state index contributed by atoms with van der Waals surface area (Å²) in [6, 6.07) is 4.14. The molecule has 1 aliphatic rings. The number of furan rings is 1. The van der Waals surface area contributed by atoms with Crippen molar-refractivity contribution >= 4 is 0 Å². The molecule has 0 aliphatic heterocycles. The van der Waals surface area contributed by atoms with Gasteiger partial charge in [-0.15, -0.1) is 0 Å². The molecule has 0 amide bonds. The smallest absolute Gasteiger partial charge is 0.118 e. The molecule has 0 aromatic carbocycles. The first-order valence-electron chi connectivity index (χ1n) is 7.82. The lowest BCUT2D eigenvalue weighted by Gasteiger charge is -2.15. The molecule has 1 heterocycles. The van der Waals surface area contributed by atoms with Crippen LogP contribution in [0.4, 0.5) is 0 Å². The highest BCUT2D eigenvalue weighted by Gasteiger charge is 2.20. The molecule has 4 heteroatoms. The van der Waals surface area contributed by atoms with E-state index in [-0.39, 0.29) is 0 Å². The van der Waals surface area contributed by atoms with Crippen LogP contribution in [0.25, 0.3) is 0 Å². The van der Waals surface area contributed by atoms with Gasteiger partial charge < -0.3 is 14.5 Å². The van der Waals surface area contributed by atoms with Crippen LogP contribution in [0.2, 0.25) is 0 Å². The highest BCUT2D eigenvalue weighted by Crippen LogP contribution is 2.28. The van der Waals surface area contributed by atoms with E-state index in [1.54, 1.807) is 0 Å². The largest absolute Gasteiger partial charge is 0.463 e. The van der Waals surface area contributed by atoms with Crippen LogP contribution in [0.1, 0.15) is 37.7 Å². The monoisotopic (exact) mass is 280 g/mol. The third-order valence-corrected chi connectivity index (χ3v) is 3.54. The molecule has 0 spiro atoms. The summed E-state index contributed by atoms with van der Waals surface area (Å²) < 4.78 is 11.5. The first-order valence-corrected chi connectivity index (χ1v) is 7.82. The molecule has 0 saturated heterocycles. The average Bonchev–Trinajstić information content (AvgIpc) is 3.16. The van der Waals surface area contributed by atoms with Crippen LogP contribution in [0.5, 0.6) is 0 Å². The van der Waals surface area contributed by atoms with Gasteiger partial charge in [-0.1, -0.05) is 6.92 Å². The van der Waals surface area contributed by atoms with E-state index in [0.29, 0.717) is 0 Å². The molecule has 0 bridgehead atoms. The molecule has 0 unspecified atom stereocenters. The van der Waals surface area contributed by atoms with Crippen molar-refractivity contribution in [2.24, 2.45) is 5.92 Å².